The van der Waals surface area contributed by atoms with Crippen molar-refractivity contribution in [3.63, 3.8) is 0 Å². The van der Waals surface area contributed by atoms with Gasteiger partial charge in [0.05, 0.1) is 30.8 Å². The van der Waals surface area contributed by atoms with Gasteiger partial charge in [-0.25, -0.2) is 14.4 Å². The van der Waals surface area contributed by atoms with E-state index in [1.807, 2.05) is 39.2 Å². The van der Waals surface area contributed by atoms with E-state index < -0.39 is 52.8 Å². The lowest BCUT2D eigenvalue weighted by Crippen LogP contribution is -2.59. The molecule has 2 aliphatic rings. The van der Waals surface area contributed by atoms with Crippen LogP contribution in [0.15, 0.2) is 65.0 Å². The van der Waals surface area contributed by atoms with Gasteiger partial charge in [0, 0.05) is 60.3 Å². The van der Waals surface area contributed by atoms with Crippen molar-refractivity contribution in [3.8, 4) is 16.9 Å². The first-order valence-corrected chi connectivity index (χ1v) is 17.4. The monoisotopic (exact) mass is 715 g/mol. The molecular weight excluding hydrogens is 676 g/mol. The predicted octanol–water partition coefficient (Wildman–Crippen LogP) is 6.17. The number of pyridine rings is 1. The van der Waals surface area contributed by atoms with E-state index in [1.54, 1.807) is 31.4 Å². The number of nitrogens with one attached hydrogen (secondary N) is 1. The van der Waals surface area contributed by atoms with Crippen molar-refractivity contribution < 1.29 is 33.0 Å². The van der Waals surface area contributed by atoms with Crippen molar-refractivity contribution in [1.29, 1.82) is 0 Å². The van der Waals surface area contributed by atoms with Crippen LogP contribution < -0.4 is 10.1 Å². The Labute approximate surface area is 294 Å². The molecule has 1 fully saturated rings. The molecule has 1 unspecified atom stereocenters. The lowest BCUT2D eigenvalue weighted by molar-refractivity contribution is -0.158. The SMILES string of the molecule is CSc1ccc(-c2cc(Cl)ccc2NC(=O)C2=C(O)C(C(C)(C)C)N(C)N(Cc3ccc(OCCN4CCOCC4)c(F)c3F)C2=O)cn1. The van der Waals surface area contributed by atoms with Crippen LogP contribution in [0.1, 0.15) is 26.3 Å². The third kappa shape index (κ3) is 8.18. The second-order valence-electron chi connectivity index (χ2n) is 12.9. The smallest absolute Gasteiger partial charge is 0.277 e. The van der Waals surface area contributed by atoms with Gasteiger partial charge in [0.2, 0.25) is 5.82 Å². The van der Waals surface area contributed by atoms with Gasteiger partial charge >= 0.3 is 0 Å². The minimum Gasteiger partial charge on any atom is -0.509 e. The summed E-state index contributed by atoms with van der Waals surface area (Å²) in [6.45, 7) is 8.48. The fourth-order valence-corrected chi connectivity index (χ4v) is 6.52. The third-order valence-electron chi connectivity index (χ3n) is 8.47. The summed E-state index contributed by atoms with van der Waals surface area (Å²) in [5, 5.41) is 18.0. The minimum atomic E-state index is -1.18. The molecule has 3 aromatic rings. The summed E-state index contributed by atoms with van der Waals surface area (Å²) in [5.41, 5.74) is 0.212. The van der Waals surface area contributed by atoms with Crippen molar-refractivity contribution in [1.82, 2.24) is 19.9 Å². The summed E-state index contributed by atoms with van der Waals surface area (Å²) in [7, 11) is 1.55. The number of aliphatic hydroxyl groups excluding tert-OH is 1. The van der Waals surface area contributed by atoms with E-state index in [1.165, 1.54) is 28.9 Å². The number of likely N-dealkylation sites (N-methyl/N-ethyl adjacent to an activating group) is 1. The lowest BCUT2D eigenvalue weighted by atomic mass is 9.82. The highest BCUT2D eigenvalue weighted by Crippen LogP contribution is 2.37. The molecule has 10 nitrogen and oxygen atoms in total. The lowest BCUT2D eigenvalue weighted by Gasteiger charge is -2.46. The largest absolute Gasteiger partial charge is 0.509 e. The third-order valence-corrected chi connectivity index (χ3v) is 9.36. The van der Waals surface area contributed by atoms with Crippen LogP contribution in [0, 0.1) is 17.0 Å². The van der Waals surface area contributed by atoms with Crippen LogP contribution in [0.4, 0.5) is 14.5 Å². The summed E-state index contributed by atoms with van der Waals surface area (Å²) in [5.74, 6) is -4.78. The average molecular weight is 716 g/mol. The minimum absolute atomic E-state index is 0.131. The number of halogens is 3. The molecule has 0 aliphatic carbocycles. The van der Waals surface area contributed by atoms with Crippen molar-refractivity contribution in [2.45, 2.75) is 38.4 Å². The van der Waals surface area contributed by atoms with E-state index in [9.17, 15) is 14.7 Å². The number of thioether (sulfide) groups is 1. The number of nitrogens with zero attached hydrogens (tertiary/aromatic N) is 4. The van der Waals surface area contributed by atoms with E-state index >= 15 is 8.78 Å². The maximum absolute atomic E-state index is 15.5. The molecule has 0 radical (unpaired) electrons. The second kappa shape index (κ2) is 15.4. The van der Waals surface area contributed by atoms with Crippen molar-refractivity contribution in [2.24, 2.45) is 5.41 Å². The number of amides is 2. The average Bonchev–Trinajstić information content (AvgIpc) is 3.06. The van der Waals surface area contributed by atoms with Crippen molar-refractivity contribution >= 4 is 40.9 Å². The van der Waals surface area contributed by atoms with E-state index in [4.69, 9.17) is 21.1 Å². The van der Waals surface area contributed by atoms with Gasteiger partial charge in [-0.05, 0) is 42.0 Å². The topological polar surface area (TPSA) is 107 Å². The number of carbonyl (C=O) groups excluding carboxylic acids is 2. The maximum Gasteiger partial charge on any atom is 0.277 e. The highest BCUT2D eigenvalue weighted by atomic mass is 35.5. The van der Waals surface area contributed by atoms with Gasteiger partial charge in [0.25, 0.3) is 11.8 Å². The standard InChI is InChI=1S/C35H40ClF2N5O5S/c1-35(2,3)32-31(44)28(33(45)40-25-9-8-23(36)18-24(25)21-7-11-27(49-5)39-19-21)34(46)43(41(32)4)20-22-6-10-26(30(38)29(22)37)48-17-14-42-12-15-47-16-13-42/h6-11,18-19,32,44H,12-17,20H2,1-5H3,(H,40,45). The van der Waals surface area contributed by atoms with Gasteiger partial charge in [-0.2, -0.15) is 4.39 Å². The van der Waals surface area contributed by atoms with Crippen molar-refractivity contribution in [3.05, 3.63) is 82.2 Å². The summed E-state index contributed by atoms with van der Waals surface area (Å²) in [6.07, 6.45) is 3.55. The molecule has 2 aliphatic heterocycles. The fraction of sp³-hybridized carbons (Fsp3) is 0.400. The summed E-state index contributed by atoms with van der Waals surface area (Å²) in [6, 6.07) is 10.3. The van der Waals surface area contributed by atoms with E-state index in [0.717, 1.165) is 23.1 Å². The van der Waals surface area contributed by atoms with Gasteiger partial charge < -0.3 is 19.9 Å². The molecule has 5 rings (SSSR count). The van der Waals surface area contributed by atoms with Crippen LogP contribution >= 0.6 is 23.4 Å². The first-order chi connectivity index (χ1) is 23.3. The number of aliphatic hydroxyl groups is 1. The molecule has 1 atom stereocenters. The van der Waals surface area contributed by atoms with Gasteiger partial charge in [-0.1, -0.05) is 44.5 Å². The Kier molecular flexibility index (Phi) is 11.5. The van der Waals surface area contributed by atoms with E-state index in [-0.39, 0.29) is 17.9 Å². The molecule has 1 saturated heterocycles. The number of rotatable bonds is 10. The molecule has 1 aromatic heterocycles. The van der Waals surface area contributed by atoms with E-state index in [2.05, 4.69) is 15.2 Å². The van der Waals surface area contributed by atoms with Gasteiger partial charge in [-0.15, -0.1) is 11.8 Å². The number of benzene rings is 2. The molecule has 2 N–H and O–H groups in total. The normalized spacial score (nSPS) is 17.8. The molecule has 0 saturated carbocycles. The molecular formula is C35H40ClF2N5O5S. The zero-order valence-corrected chi connectivity index (χ0v) is 29.6. The molecule has 14 heteroatoms. The molecule has 3 heterocycles. The zero-order valence-electron chi connectivity index (χ0n) is 28.1. The fourth-order valence-electron chi connectivity index (χ4n) is 5.99. The van der Waals surface area contributed by atoms with Crippen LogP contribution in [0.5, 0.6) is 5.75 Å². The Morgan fingerprint density at radius 3 is 2.53 bits per heavy atom. The number of hydrazine groups is 1. The number of morpholine rings is 1. The Bertz CT molecular complexity index is 1730. The number of aromatic nitrogens is 1. The van der Waals surface area contributed by atoms with Crippen LogP contribution in [0.2, 0.25) is 5.02 Å². The first-order valence-electron chi connectivity index (χ1n) is 15.8. The molecule has 262 valence electrons. The van der Waals surface area contributed by atoms with Crippen LogP contribution in [-0.4, -0.2) is 95.6 Å². The van der Waals surface area contributed by atoms with Crippen LogP contribution in [-0.2, 0) is 20.9 Å². The number of ether oxygens (including phenoxy) is 2. The number of carbonyl (C=O) groups is 2. The quantitative estimate of drug-likeness (QED) is 0.188. The Morgan fingerprint density at radius 2 is 1.88 bits per heavy atom. The Morgan fingerprint density at radius 1 is 1.14 bits per heavy atom. The van der Waals surface area contributed by atoms with Crippen molar-refractivity contribution in [2.75, 3.05) is 58.1 Å². The summed E-state index contributed by atoms with van der Waals surface area (Å²) >= 11 is 7.79. The number of anilines is 1. The Hall–Kier alpha value is -3.75. The van der Waals surface area contributed by atoms with Crippen LogP contribution in [0.3, 0.4) is 0 Å². The molecule has 0 bridgehead atoms. The maximum atomic E-state index is 15.5. The van der Waals surface area contributed by atoms with Gasteiger partial charge in [0.15, 0.2) is 11.6 Å². The first kappa shape index (κ1) is 36.5. The highest BCUT2D eigenvalue weighted by molar-refractivity contribution is 7.98. The highest BCUT2D eigenvalue weighted by Gasteiger charge is 2.46. The van der Waals surface area contributed by atoms with Crippen LogP contribution in [0.25, 0.3) is 11.1 Å². The molecule has 49 heavy (non-hydrogen) atoms. The molecule has 2 amide bonds. The predicted molar refractivity (Wildman–Crippen MR) is 185 cm³/mol. The number of hydrogen-bond acceptors (Lipinski definition) is 9. The van der Waals surface area contributed by atoms with E-state index in [0.29, 0.717) is 41.6 Å². The van der Waals surface area contributed by atoms with Gasteiger partial charge in [-0.3, -0.25) is 19.5 Å². The Balaban J connectivity index is 1.41. The van der Waals surface area contributed by atoms with Gasteiger partial charge in [0.1, 0.15) is 17.9 Å². The molecule has 2 aromatic carbocycles. The second-order valence-corrected chi connectivity index (χ2v) is 14.1. The number of hydrogen-bond donors (Lipinski definition) is 2. The zero-order chi connectivity index (χ0) is 35.5. The summed E-state index contributed by atoms with van der Waals surface area (Å²) < 4.78 is 41.6. The summed E-state index contributed by atoms with van der Waals surface area (Å²) in [4.78, 5) is 34.4. The molecule has 0 spiro atoms.